The van der Waals surface area contributed by atoms with Crippen LogP contribution in [0.5, 0.6) is 0 Å². The monoisotopic (exact) mass is 1470 g/mol. The predicted octanol–water partition coefficient (Wildman–Crippen LogP) is 23.3. The van der Waals surface area contributed by atoms with Crippen molar-refractivity contribution < 1.29 is 80.2 Å². The van der Waals surface area contributed by atoms with Crippen molar-refractivity contribution in [3.05, 3.63) is 109 Å². The molecule has 3 N–H and O–H groups in total. The van der Waals surface area contributed by atoms with Gasteiger partial charge in [0.2, 0.25) is 0 Å². The maximum atomic E-state index is 13.1. The number of phosphoric acid groups is 2. The molecule has 0 saturated carbocycles. The molecule has 0 aromatic carbocycles. The molecule has 0 aromatic rings. The third kappa shape index (κ3) is 74.0. The predicted molar refractivity (Wildman–Crippen MR) is 418 cm³/mol. The summed E-state index contributed by atoms with van der Waals surface area (Å²) in [5.41, 5.74) is 0. The third-order valence-electron chi connectivity index (χ3n) is 16.7. The van der Waals surface area contributed by atoms with Gasteiger partial charge in [-0.2, -0.15) is 0 Å². The summed E-state index contributed by atoms with van der Waals surface area (Å²) in [4.78, 5) is 73.0. The number of esters is 4. The number of ether oxygens (including phenoxy) is 4. The molecule has 0 saturated heterocycles. The van der Waals surface area contributed by atoms with Crippen molar-refractivity contribution in [1.82, 2.24) is 0 Å². The van der Waals surface area contributed by atoms with Gasteiger partial charge in [0, 0.05) is 25.7 Å². The molecule has 0 bridgehead atoms. The fourth-order valence-corrected chi connectivity index (χ4v) is 12.1. The van der Waals surface area contributed by atoms with E-state index in [1.165, 1.54) is 83.5 Å². The van der Waals surface area contributed by atoms with Crippen LogP contribution >= 0.6 is 15.6 Å². The second kappa shape index (κ2) is 75.0. The van der Waals surface area contributed by atoms with Gasteiger partial charge in [-0.1, -0.05) is 265 Å². The molecule has 5 unspecified atom stereocenters. The molecule has 0 radical (unpaired) electrons. The smallest absolute Gasteiger partial charge is 0.462 e. The van der Waals surface area contributed by atoms with Crippen molar-refractivity contribution in [1.29, 1.82) is 0 Å². The Morgan fingerprint density at radius 2 is 0.510 bits per heavy atom. The Bertz CT molecular complexity index is 2360. The van der Waals surface area contributed by atoms with E-state index in [9.17, 15) is 43.2 Å². The molecule has 0 aliphatic carbocycles. The summed E-state index contributed by atoms with van der Waals surface area (Å²) in [6.45, 7) is 4.66. The Balaban J connectivity index is 5.39. The normalized spacial score (nSPS) is 14.5. The highest BCUT2D eigenvalue weighted by Gasteiger charge is 2.30. The molecule has 0 aromatic heterocycles. The number of unbranched alkanes of at least 4 members (excludes halogenated alkanes) is 31. The molecule has 588 valence electrons. The number of rotatable bonds is 75. The molecule has 102 heavy (non-hydrogen) atoms. The Hall–Kier alpha value is -4.28. The molecule has 0 amide bonds. The minimum Gasteiger partial charge on any atom is -0.462 e. The first-order valence-electron chi connectivity index (χ1n) is 40.1. The maximum Gasteiger partial charge on any atom is 0.472 e. The Morgan fingerprint density at radius 1 is 0.284 bits per heavy atom. The highest BCUT2D eigenvalue weighted by atomic mass is 31.2. The van der Waals surface area contributed by atoms with E-state index in [1.54, 1.807) is 0 Å². The first kappa shape index (κ1) is 97.7. The van der Waals surface area contributed by atoms with E-state index in [4.69, 9.17) is 37.0 Å². The van der Waals surface area contributed by atoms with Crippen LogP contribution in [0.1, 0.15) is 336 Å². The van der Waals surface area contributed by atoms with Gasteiger partial charge < -0.3 is 33.8 Å². The second-order valence-electron chi connectivity index (χ2n) is 26.6. The van der Waals surface area contributed by atoms with Gasteiger partial charge in [-0.05, 0) is 154 Å². The number of hydrogen-bond acceptors (Lipinski definition) is 15. The molecule has 17 nitrogen and oxygen atoms in total. The van der Waals surface area contributed by atoms with Gasteiger partial charge >= 0.3 is 39.5 Å². The molecule has 0 rings (SSSR count). The van der Waals surface area contributed by atoms with Crippen LogP contribution in [0.2, 0.25) is 0 Å². The summed E-state index contributed by atoms with van der Waals surface area (Å²) in [5.74, 6) is -2.24. The fraction of sp³-hybridized carbons (Fsp3) is 0.735. The first-order chi connectivity index (χ1) is 49.7. The van der Waals surface area contributed by atoms with E-state index in [2.05, 4.69) is 137 Å². The van der Waals surface area contributed by atoms with Crippen LogP contribution < -0.4 is 0 Å². The molecule has 19 heteroatoms. The van der Waals surface area contributed by atoms with Crippen molar-refractivity contribution in [2.24, 2.45) is 0 Å². The van der Waals surface area contributed by atoms with Crippen molar-refractivity contribution in [2.75, 3.05) is 39.6 Å². The van der Waals surface area contributed by atoms with Gasteiger partial charge in [0.15, 0.2) is 12.2 Å². The molecular formula is C83H144O17P2. The highest BCUT2D eigenvalue weighted by molar-refractivity contribution is 7.47. The van der Waals surface area contributed by atoms with Crippen LogP contribution in [0, 0.1) is 0 Å². The SMILES string of the molecule is CC/C=C\C/C=C\C/C=C\C/C=C\CCCCC(=O)OCC(COP(=O)(O)OCC(O)COP(=O)(O)OCC(COC(=O)CCCCCCCC/C=C\C/C=C\C/C=C\CCCCC)OC(=O)CCCCCCC/C=C\CCCCCCCC)OC(=O)CCCCCCC/C=C\CCCCCC. The van der Waals surface area contributed by atoms with E-state index in [1.807, 2.05) is 0 Å². The van der Waals surface area contributed by atoms with E-state index < -0.39 is 97.5 Å². The maximum absolute atomic E-state index is 13.1. The molecular weight excluding hydrogens is 1330 g/mol. The van der Waals surface area contributed by atoms with Gasteiger partial charge in [-0.15, -0.1) is 0 Å². The molecule has 0 fully saturated rings. The Labute approximate surface area is 619 Å². The quantitative estimate of drug-likeness (QED) is 0.0169. The first-order valence-corrected chi connectivity index (χ1v) is 43.1. The van der Waals surface area contributed by atoms with Crippen LogP contribution in [0.25, 0.3) is 0 Å². The van der Waals surface area contributed by atoms with Gasteiger partial charge in [0.05, 0.1) is 26.4 Å². The standard InChI is InChI=1S/C83H144O17P2/c1-5-9-13-17-21-25-29-33-36-37-38-39-42-45-48-52-56-60-64-68-81(86)94-74-79(100-83(88)70-66-62-58-54-50-46-41-35-31-27-23-19-15-11-7-3)76-98-102(91,92)96-72-77(84)71-95-101(89,90)97-75-78(99-82(87)69-65-61-57-53-49-43-32-28-24-20-16-12-8-4)73-93-80(85)67-63-59-55-51-47-44-40-34-30-26-22-18-14-10-6-2/h10,14,21-22,25-26,28,32-36,38-41,47,51,77-79,84H,5-9,11-13,15-20,23-24,27,29-31,37,42-46,48-50,52-76H2,1-4H3,(H,89,90)(H,91,92)/b14-10-,25-21-,26-22-,32-28-,36-33-,39-38-,40-34-,41-35-,51-47-. The van der Waals surface area contributed by atoms with Crippen LogP contribution in [0.15, 0.2) is 109 Å². The molecule has 0 aliphatic heterocycles. The van der Waals surface area contributed by atoms with Crippen molar-refractivity contribution in [2.45, 2.75) is 354 Å². The van der Waals surface area contributed by atoms with E-state index in [0.29, 0.717) is 25.7 Å². The average Bonchev–Trinajstić information content (AvgIpc) is 0.909. The van der Waals surface area contributed by atoms with Crippen molar-refractivity contribution in [3.8, 4) is 0 Å². The van der Waals surface area contributed by atoms with Crippen molar-refractivity contribution >= 4 is 39.5 Å². The van der Waals surface area contributed by atoms with Gasteiger partial charge in [0.25, 0.3) is 0 Å². The van der Waals surface area contributed by atoms with E-state index in [0.717, 1.165) is 173 Å². The zero-order chi connectivity index (χ0) is 74.6. The number of carbonyl (C=O) groups excluding carboxylic acids is 4. The number of aliphatic hydroxyl groups is 1. The lowest BCUT2D eigenvalue weighted by atomic mass is 10.1. The molecule has 5 atom stereocenters. The number of aliphatic hydroxyl groups excluding tert-OH is 1. The second-order valence-corrected chi connectivity index (χ2v) is 29.5. The minimum atomic E-state index is -4.99. The fourth-order valence-electron chi connectivity index (χ4n) is 10.6. The number of carbonyl (C=O) groups is 4. The number of hydrogen-bond donors (Lipinski definition) is 3. The summed E-state index contributed by atoms with van der Waals surface area (Å²) in [6.07, 6.45) is 80.7. The zero-order valence-electron chi connectivity index (χ0n) is 64.3. The van der Waals surface area contributed by atoms with Gasteiger partial charge in [-0.3, -0.25) is 37.3 Å². The highest BCUT2D eigenvalue weighted by Crippen LogP contribution is 2.45. The summed E-state index contributed by atoms with van der Waals surface area (Å²) in [6, 6.07) is 0. The summed E-state index contributed by atoms with van der Waals surface area (Å²) in [7, 11) is -9.97. The minimum absolute atomic E-state index is 0.0747. The van der Waals surface area contributed by atoms with Gasteiger partial charge in [-0.25, -0.2) is 9.13 Å². The number of phosphoric ester groups is 2. The summed E-state index contributed by atoms with van der Waals surface area (Å²) >= 11 is 0. The zero-order valence-corrected chi connectivity index (χ0v) is 66.0. The lowest BCUT2D eigenvalue weighted by molar-refractivity contribution is -0.161. The van der Waals surface area contributed by atoms with Crippen LogP contribution in [0.4, 0.5) is 0 Å². The average molecular weight is 1480 g/mol. The summed E-state index contributed by atoms with van der Waals surface area (Å²) < 4.78 is 68.5. The summed E-state index contributed by atoms with van der Waals surface area (Å²) in [5, 5.41) is 10.6. The lowest BCUT2D eigenvalue weighted by Crippen LogP contribution is -2.30. The Kier molecular flexibility index (Phi) is 71.8. The largest absolute Gasteiger partial charge is 0.472 e. The van der Waals surface area contributed by atoms with Crippen LogP contribution in [-0.4, -0.2) is 96.7 Å². The number of allylic oxidation sites excluding steroid dienone is 18. The van der Waals surface area contributed by atoms with Crippen molar-refractivity contribution in [3.63, 3.8) is 0 Å². The van der Waals surface area contributed by atoms with E-state index in [-0.39, 0.29) is 25.7 Å². The topological polar surface area (TPSA) is 237 Å². The third-order valence-corrected chi connectivity index (χ3v) is 18.6. The van der Waals surface area contributed by atoms with Crippen LogP contribution in [0.3, 0.4) is 0 Å². The Morgan fingerprint density at radius 3 is 0.843 bits per heavy atom. The molecule has 0 spiro atoms. The van der Waals surface area contributed by atoms with Crippen LogP contribution in [-0.2, 0) is 65.4 Å². The van der Waals surface area contributed by atoms with Gasteiger partial charge in [0.1, 0.15) is 19.3 Å². The lowest BCUT2D eigenvalue weighted by Gasteiger charge is -2.21. The van der Waals surface area contributed by atoms with E-state index >= 15 is 0 Å². The molecule has 0 aliphatic rings. The molecule has 0 heterocycles.